The maximum absolute atomic E-state index is 3.92. The van der Waals surface area contributed by atoms with Crippen molar-refractivity contribution in [3.63, 3.8) is 0 Å². The van der Waals surface area contributed by atoms with E-state index in [0.717, 1.165) is 5.92 Å². The summed E-state index contributed by atoms with van der Waals surface area (Å²) in [5.41, 5.74) is 0. The molecule has 0 spiro atoms. The Balaban J connectivity index is 3.34. The van der Waals surface area contributed by atoms with Gasteiger partial charge < -0.3 is 0 Å². The summed E-state index contributed by atoms with van der Waals surface area (Å²) in [6.07, 6.45) is 13.1. The second-order valence-corrected chi connectivity index (χ2v) is 3.99. The Morgan fingerprint density at radius 1 is 0.923 bits per heavy atom. The van der Waals surface area contributed by atoms with Crippen LogP contribution in [0.1, 0.15) is 65.2 Å². The molecule has 0 saturated heterocycles. The molecule has 0 aliphatic heterocycles. The fourth-order valence-corrected chi connectivity index (χ4v) is 1.69. The van der Waals surface area contributed by atoms with E-state index in [1.807, 2.05) is 0 Å². The van der Waals surface area contributed by atoms with E-state index in [2.05, 4.69) is 26.5 Å². The molecule has 0 amide bonds. The summed E-state index contributed by atoms with van der Waals surface area (Å²) >= 11 is 0. The van der Waals surface area contributed by atoms with Gasteiger partial charge in [-0.05, 0) is 18.8 Å². The average Bonchev–Trinajstić information content (AvgIpc) is 2.16. The topological polar surface area (TPSA) is 0 Å². The van der Waals surface area contributed by atoms with E-state index >= 15 is 0 Å². The van der Waals surface area contributed by atoms with Crippen molar-refractivity contribution in [2.24, 2.45) is 5.92 Å². The SMILES string of the molecule is C=CC(CCCCC)CCCCC. The van der Waals surface area contributed by atoms with Crippen molar-refractivity contribution in [3.05, 3.63) is 12.7 Å². The molecular weight excluding hydrogens is 156 g/mol. The van der Waals surface area contributed by atoms with Crippen LogP contribution in [0, 0.1) is 5.92 Å². The van der Waals surface area contributed by atoms with Gasteiger partial charge >= 0.3 is 0 Å². The van der Waals surface area contributed by atoms with Crippen LogP contribution in [-0.4, -0.2) is 0 Å². The quantitative estimate of drug-likeness (QED) is 0.349. The third-order valence-electron chi connectivity index (χ3n) is 2.69. The molecule has 0 bridgehead atoms. The van der Waals surface area contributed by atoms with Crippen LogP contribution in [0.15, 0.2) is 12.7 Å². The summed E-state index contributed by atoms with van der Waals surface area (Å²) in [6.45, 7) is 8.45. The van der Waals surface area contributed by atoms with Crippen molar-refractivity contribution in [3.8, 4) is 0 Å². The number of unbranched alkanes of at least 4 members (excludes halogenated alkanes) is 4. The van der Waals surface area contributed by atoms with Crippen molar-refractivity contribution in [2.45, 2.75) is 65.2 Å². The summed E-state index contributed by atoms with van der Waals surface area (Å²) in [5.74, 6) is 0.790. The van der Waals surface area contributed by atoms with Gasteiger partial charge in [0.1, 0.15) is 0 Å². The summed E-state index contributed by atoms with van der Waals surface area (Å²) in [5, 5.41) is 0. The molecule has 0 nitrogen and oxygen atoms in total. The van der Waals surface area contributed by atoms with Crippen LogP contribution in [0.4, 0.5) is 0 Å². The van der Waals surface area contributed by atoms with Gasteiger partial charge in [-0.3, -0.25) is 0 Å². The summed E-state index contributed by atoms with van der Waals surface area (Å²) < 4.78 is 0. The standard InChI is InChI=1S/C13H26/c1-4-7-9-11-13(6-3)12-10-8-5-2/h6,13H,3-5,7-12H2,1-2H3. The Bertz CT molecular complexity index is 94.6. The van der Waals surface area contributed by atoms with Crippen molar-refractivity contribution in [1.29, 1.82) is 0 Å². The van der Waals surface area contributed by atoms with E-state index in [1.165, 1.54) is 51.4 Å². The zero-order chi connectivity index (χ0) is 9.94. The number of rotatable bonds is 9. The van der Waals surface area contributed by atoms with Crippen LogP contribution in [0.5, 0.6) is 0 Å². The first kappa shape index (κ1) is 12.7. The molecule has 78 valence electrons. The smallest absolute Gasteiger partial charge is 0.0236 e. The highest BCUT2D eigenvalue weighted by molar-refractivity contribution is 4.78. The van der Waals surface area contributed by atoms with Gasteiger partial charge in [-0.2, -0.15) is 0 Å². The molecule has 0 unspecified atom stereocenters. The van der Waals surface area contributed by atoms with Crippen LogP contribution in [0.2, 0.25) is 0 Å². The molecule has 0 fully saturated rings. The van der Waals surface area contributed by atoms with Gasteiger partial charge in [0.15, 0.2) is 0 Å². The maximum Gasteiger partial charge on any atom is -0.0236 e. The normalized spacial score (nSPS) is 10.7. The zero-order valence-corrected chi connectivity index (χ0v) is 9.52. The van der Waals surface area contributed by atoms with Crippen molar-refractivity contribution in [1.82, 2.24) is 0 Å². The molecular formula is C13H26. The minimum absolute atomic E-state index is 0.790. The van der Waals surface area contributed by atoms with E-state index in [-0.39, 0.29) is 0 Å². The minimum atomic E-state index is 0.790. The fraction of sp³-hybridized carbons (Fsp3) is 0.846. The molecule has 0 saturated carbocycles. The second kappa shape index (κ2) is 9.83. The monoisotopic (exact) mass is 182 g/mol. The molecule has 0 aromatic heterocycles. The Hall–Kier alpha value is -0.260. The van der Waals surface area contributed by atoms with E-state index in [4.69, 9.17) is 0 Å². The predicted molar refractivity (Wildman–Crippen MR) is 62.0 cm³/mol. The summed E-state index contributed by atoms with van der Waals surface area (Å²) in [6, 6.07) is 0. The van der Waals surface area contributed by atoms with Crippen LogP contribution in [0.25, 0.3) is 0 Å². The molecule has 0 atom stereocenters. The van der Waals surface area contributed by atoms with Crippen molar-refractivity contribution >= 4 is 0 Å². The van der Waals surface area contributed by atoms with E-state index in [9.17, 15) is 0 Å². The highest BCUT2D eigenvalue weighted by Gasteiger charge is 2.02. The number of allylic oxidation sites excluding steroid dienone is 1. The van der Waals surface area contributed by atoms with Crippen LogP contribution < -0.4 is 0 Å². The Morgan fingerprint density at radius 3 is 1.69 bits per heavy atom. The third-order valence-corrected chi connectivity index (χ3v) is 2.69. The maximum atomic E-state index is 3.92. The van der Waals surface area contributed by atoms with Gasteiger partial charge in [-0.15, -0.1) is 6.58 Å². The lowest BCUT2D eigenvalue weighted by Crippen LogP contribution is -1.96. The Kier molecular flexibility index (Phi) is 9.63. The van der Waals surface area contributed by atoms with E-state index in [1.54, 1.807) is 0 Å². The fourth-order valence-electron chi connectivity index (χ4n) is 1.69. The second-order valence-electron chi connectivity index (χ2n) is 3.99. The highest BCUT2D eigenvalue weighted by atomic mass is 14.1. The first-order chi connectivity index (χ1) is 6.35. The highest BCUT2D eigenvalue weighted by Crippen LogP contribution is 2.17. The van der Waals surface area contributed by atoms with Gasteiger partial charge in [-0.1, -0.05) is 58.4 Å². The summed E-state index contributed by atoms with van der Waals surface area (Å²) in [7, 11) is 0. The Labute approximate surface area is 84.4 Å². The molecule has 0 rings (SSSR count). The molecule has 0 heteroatoms. The first-order valence-corrected chi connectivity index (χ1v) is 5.97. The van der Waals surface area contributed by atoms with E-state index in [0.29, 0.717) is 0 Å². The number of hydrogen-bond donors (Lipinski definition) is 0. The minimum Gasteiger partial charge on any atom is -0.103 e. The van der Waals surface area contributed by atoms with Gasteiger partial charge in [0.05, 0.1) is 0 Å². The lowest BCUT2D eigenvalue weighted by atomic mass is 9.95. The van der Waals surface area contributed by atoms with Crippen molar-refractivity contribution < 1.29 is 0 Å². The van der Waals surface area contributed by atoms with Crippen LogP contribution in [-0.2, 0) is 0 Å². The molecule has 0 aromatic rings. The van der Waals surface area contributed by atoms with Crippen molar-refractivity contribution in [2.75, 3.05) is 0 Å². The molecule has 0 radical (unpaired) electrons. The molecule has 0 aliphatic rings. The third kappa shape index (κ3) is 8.08. The molecule has 0 heterocycles. The first-order valence-electron chi connectivity index (χ1n) is 5.97. The molecule has 0 N–H and O–H groups in total. The van der Waals surface area contributed by atoms with Gasteiger partial charge in [-0.25, -0.2) is 0 Å². The molecule has 0 aromatic carbocycles. The van der Waals surface area contributed by atoms with Crippen LogP contribution >= 0.6 is 0 Å². The number of hydrogen-bond acceptors (Lipinski definition) is 0. The summed E-state index contributed by atoms with van der Waals surface area (Å²) in [4.78, 5) is 0. The predicted octanol–water partition coefficient (Wildman–Crippen LogP) is 4.95. The largest absolute Gasteiger partial charge is 0.103 e. The van der Waals surface area contributed by atoms with Crippen LogP contribution in [0.3, 0.4) is 0 Å². The van der Waals surface area contributed by atoms with E-state index < -0.39 is 0 Å². The molecule has 0 aliphatic carbocycles. The Morgan fingerprint density at radius 2 is 1.38 bits per heavy atom. The van der Waals surface area contributed by atoms with Gasteiger partial charge in [0.25, 0.3) is 0 Å². The van der Waals surface area contributed by atoms with Gasteiger partial charge in [0, 0.05) is 0 Å². The molecule has 13 heavy (non-hydrogen) atoms. The lowest BCUT2D eigenvalue weighted by Gasteiger charge is -2.11. The lowest BCUT2D eigenvalue weighted by molar-refractivity contribution is 0.482. The van der Waals surface area contributed by atoms with Gasteiger partial charge in [0.2, 0.25) is 0 Å². The average molecular weight is 182 g/mol. The zero-order valence-electron chi connectivity index (χ0n) is 9.52.